The van der Waals surface area contributed by atoms with Gasteiger partial charge in [-0.2, -0.15) is 0 Å². The lowest BCUT2D eigenvalue weighted by molar-refractivity contribution is -0.119. The first kappa shape index (κ1) is 13.7. The van der Waals surface area contributed by atoms with E-state index in [9.17, 15) is 4.79 Å². The van der Waals surface area contributed by atoms with Crippen LogP contribution in [0.25, 0.3) is 0 Å². The van der Waals surface area contributed by atoms with Gasteiger partial charge in [0.05, 0.1) is 5.92 Å². The van der Waals surface area contributed by atoms with Gasteiger partial charge in [-0.25, -0.2) is 0 Å². The molecule has 0 fully saturated rings. The van der Waals surface area contributed by atoms with Crippen molar-refractivity contribution < 1.29 is 4.79 Å². The molecule has 19 heavy (non-hydrogen) atoms. The van der Waals surface area contributed by atoms with Crippen LogP contribution < -0.4 is 5.73 Å². The number of hydrogen-bond donors (Lipinski definition) is 1. The van der Waals surface area contributed by atoms with E-state index in [0.717, 1.165) is 17.7 Å². The largest absolute Gasteiger partial charge is 0.369 e. The van der Waals surface area contributed by atoms with Crippen molar-refractivity contribution in [2.75, 3.05) is 5.75 Å². The summed E-state index contributed by atoms with van der Waals surface area (Å²) in [6.45, 7) is 0. The molecule has 0 radical (unpaired) electrons. The Labute approximate surface area is 118 Å². The minimum Gasteiger partial charge on any atom is -0.369 e. The number of carbonyl (C=O) groups is 1. The average Bonchev–Trinajstić information content (AvgIpc) is 2.45. The lowest BCUT2D eigenvalue weighted by atomic mass is 9.96. The molecule has 2 aromatic carbocycles. The third-order valence-corrected chi connectivity index (χ3v) is 4.01. The zero-order chi connectivity index (χ0) is 13.5. The van der Waals surface area contributed by atoms with Crippen LogP contribution in [0.1, 0.15) is 17.9 Å². The topological polar surface area (TPSA) is 43.1 Å². The van der Waals surface area contributed by atoms with Crippen molar-refractivity contribution in [3.63, 3.8) is 0 Å². The number of carbonyl (C=O) groups excluding carboxylic acids is 1. The highest BCUT2D eigenvalue weighted by Crippen LogP contribution is 2.25. The fourth-order valence-corrected chi connectivity index (χ4v) is 2.91. The van der Waals surface area contributed by atoms with Gasteiger partial charge in [-0.15, -0.1) is 11.8 Å². The van der Waals surface area contributed by atoms with Crippen molar-refractivity contribution in [3.8, 4) is 0 Å². The maximum absolute atomic E-state index is 11.6. The van der Waals surface area contributed by atoms with Crippen LogP contribution in [0.15, 0.2) is 65.6 Å². The van der Waals surface area contributed by atoms with Gasteiger partial charge in [-0.3, -0.25) is 4.79 Å². The summed E-state index contributed by atoms with van der Waals surface area (Å²) in [5.41, 5.74) is 6.50. The fraction of sp³-hybridized carbons (Fsp3) is 0.188. The quantitative estimate of drug-likeness (QED) is 0.818. The van der Waals surface area contributed by atoms with Crippen LogP contribution >= 0.6 is 11.8 Å². The van der Waals surface area contributed by atoms with Crippen molar-refractivity contribution >= 4 is 17.7 Å². The Morgan fingerprint density at radius 3 is 2.16 bits per heavy atom. The molecule has 2 N–H and O–H groups in total. The van der Waals surface area contributed by atoms with Crippen molar-refractivity contribution in [1.29, 1.82) is 0 Å². The van der Waals surface area contributed by atoms with E-state index >= 15 is 0 Å². The van der Waals surface area contributed by atoms with Crippen molar-refractivity contribution in [2.45, 2.75) is 17.2 Å². The highest BCUT2D eigenvalue weighted by Gasteiger charge is 2.16. The molecule has 2 rings (SSSR count). The molecule has 0 bridgehead atoms. The number of nitrogens with two attached hydrogens (primary N) is 1. The predicted octanol–water partition coefficient (Wildman–Crippen LogP) is 3.44. The number of primary amides is 1. The number of amides is 1. The van der Waals surface area contributed by atoms with Crippen LogP contribution in [-0.4, -0.2) is 11.7 Å². The second-order valence-electron chi connectivity index (χ2n) is 4.32. The van der Waals surface area contributed by atoms with Gasteiger partial charge in [0.15, 0.2) is 0 Å². The van der Waals surface area contributed by atoms with E-state index in [2.05, 4.69) is 12.1 Å². The second kappa shape index (κ2) is 7.00. The Hall–Kier alpha value is -1.74. The molecule has 0 aliphatic heterocycles. The third kappa shape index (κ3) is 4.14. The molecule has 2 nitrogen and oxygen atoms in total. The minimum atomic E-state index is -0.250. The first-order valence-corrected chi connectivity index (χ1v) is 7.28. The number of benzene rings is 2. The lowest BCUT2D eigenvalue weighted by Gasteiger charge is -2.13. The monoisotopic (exact) mass is 271 g/mol. The first-order valence-electron chi connectivity index (χ1n) is 6.29. The first-order chi connectivity index (χ1) is 9.27. The number of hydrogen-bond acceptors (Lipinski definition) is 2. The van der Waals surface area contributed by atoms with Gasteiger partial charge in [0, 0.05) is 4.90 Å². The smallest absolute Gasteiger partial charge is 0.224 e. The summed E-state index contributed by atoms with van der Waals surface area (Å²) >= 11 is 1.75. The summed E-state index contributed by atoms with van der Waals surface area (Å²) in [6, 6.07) is 19.9. The zero-order valence-electron chi connectivity index (χ0n) is 10.7. The fourth-order valence-electron chi connectivity index (χ4n) is 1.97. The van der Waals surface area contributed by atoms with Crippen LogP contribution in [0.4, 0.5) is 0 Å². The molecule has 1 atom stereocenters. The van der Waals surface area contributed by atoms with Gasteiger partial charge in [0.25, 0.3) is 0 Å². The molecule has 0 aliphatic rings. The maximum Gasteiger partial charge on any atom is 0.224 e. The SMILES string of the molecule is NC(=O)C(CCSc1ccccc1)c1ccccc1. The van der Waals surface area contributed by atoms with Crippen molar-refractivity contribution in [1.82, 2.24) is 0 Å². The van der Waals surface area contributed by atoms with Crippen molar-refractivity contribution in [2.24, 2.45) is 5.73 Å². The van der Waals surface area contributed by atoms with Crippen LogP contribution in [0.3, 0.4) is 0 Å². The van der Waals surface area contributed by atoms with E-state index in [4.69, 9.17) is 5.73 Å². The summed E-state index contributed by atoms with van der Waals surface area (Å²) in [7, 11) is 0. The summed E-state index contributed by atoms with van der Waals surface area (Å²) in [4.78, 5) is 12.8. The molecule has 0 spiro atoms. The highest BCUT2D eigenvalue weighted by molar-refractivity contribution is 7.99. The maximum atomic E-state index is 11.6. The molecule has 3 heteroatoms. The number of thioether (sulfide) groups is 1. The van der Waals surface area contributed by atoms with Gasteiger partial charge in [0.1, 0.15) is 0 Å². The molecule has 0 saturated heterocycles. The Morgan fingerprint density at radius 2 is 1.58 bits per heavy atom. The van der Waals surface area contributed by atoms with Crippen LogP contribution in [0.2, 0.25) is 0 Å². The average molecular weight is 271 g/mol. The summed E-state index contributed by atoms with van der Waals surface area (Å²) < 4.78 is 0. The Bertz CT molecular complexity index is 513. The molecule has 0 saturated carbocycles. The van der Waals surface area contributed by atoms with E-state index in [1.165, 1.54) is 4.90 Å². The molecule has 0 aromatic heterocycles. The minimum absolute atomic E-state index is 0.197. The molecule has 1 amide bonds. The van der Waals surface area contributed by atoms with E-state index in [-0.39, 0.29) is 11.8 Å². The van der Waals surface area contributed by atoms with Crippen molar-refractivity contribution in [3.05, 3.63) is 66.2 Å². The Balaban J connectivity index is 1.94. The predicted molar refractivity (Wildman–Crippen MR) is 80.2 cm³/mol. The molecule has 98 valence electrons. The van der Waals surface area contributed by atoms with Gasteiger partial charge in [-0.05, 0) is 29.9 Å². The molecular weight excluding hydrogens is 254 g/mol. The van der Waals surface area contributed by atoms with Crippen LogP contribution in [0, 0.1) is 0 Å². The highest BCUT2D eigenvalue weighted by atomic mass is 32.2. The zero-order valence-corrected chi connectivity index (χ0v) is 11.5. The van der Waals surface area contributed by atoms with Gasteiger partial charge >= 0.3 is 0 Å². The molecule has 0 heterocycles. The lowest BCUT2D eigenvalue weighted by Crippen LogP contribution is -2.21. The molecule has 0 aliphatic carbocycles. The van der Waals surface area contributed by atoms with Gasteiger partial charge < -0.3 is 5.73 Å². The summed E-state index contributed by atoms with van der Waals surface area (Å²) in [5, 5.41) is 0. The standard InChI is InChI=1S/C16H17NOS/c17-16(18)15(13-7-3-1-4-8-13)11-12-19-14-9-5-2-6-10-14/h1-10,15H,11-12H2,(H2,17,18). The second-order valence-corrected chi connectivity index (χ2v) is 5.48. The Kier molecular flexibility index (Phi) is 5.04. The normalized spacial score (nSPS) is 12.0. The van der Waals surface area contributed by atoms with E-state index in [1.54, 1.807) is 11.8 Å². The molecular formula is C16H17NOS. The van der Waals surface area contributed by atoms with E-state index in [0.29, 0.717) is 0 Å². The summed E-state index contributed by atoms with van der Waals surface area (Å²) in [5.74, 6) is 0.434. The summed E-state index contributed by atoms with van der Waals surface area (Å²) in [6.07, 6.45) is 0.763. The van der Waals surface area contributed by atoms with E-state index in [1.807, 2.05) is 48.5 Å². The molecule has 2 aromatic rings. The molecule has 1 unspecified atom stereocenters. The number of rotatable bonds is 6. The third-order valence-electron chi connectivity index (χ3n) is 2.96. The van der Waals surface area contributed by atoms with Gasteiger partial charge in [-0.1, -0.05) is 48.5 Å². The van der Waals surface area contributed by atoms with Crippen LogP contribution in [0.5, 0.6) is 0 Å². The van der Waals surface area contributed by atoms with Crippen LogP contribution in [-0.2, 0) is 4.79 Å². The Morgan fingerprint density at radius 1 is 1.00 bits per heavy atom. The van der Waals surface area contributed by atoms with Gasteiger partial charge in [0.2, 0.25) is 5.91 Å². The van der Waals surface area contributed by atoms with E-state index < -0.39 is 0 Å².